The van der Waals surface area contributed by atoms with Crippen LogP contribution in [0.15, 0.2) is 6.07 Å². The molecule has 106 valence electrons. The summed E-state index contributed by atoms with van der Waals surface area (Å²) in [6.45, 7) is 6.47. The van der Waals surface area contributed by atoms with E-state index in [-0.39, 0.29) is 11.6 Å². The first-order chi connectivity index (χ1) is 8.81. The van der Waals surface area contributed by atoms with Crippen LogP contribution >= 0.6 is 0 Å². The van der Waals surface area contributed by atoms with Crippen molar-refractivity contribution in [1.29, 1.82) is 0 Å². The maximum atomic E-state index is 6.51. The maximum absolute atomic E-state index is 6.51. The lowest BCUT2D eigenvalue weighted by molar-refractivity contribution is 0.243. The smallest absolute Gasteiger partial charge is 0.122 e. The Kier molecular flexibility index (Phi) is 3.63. The van der Waals surface area contributed by atoms with E-state index in [0.717, 1.165) is 18.6 Å². The lowest BCUT2D eigenvalue weighted by atomic mass is 9.87. The lowest BCUT2D eigenvalue weighted by Crippen LogP contribution is -2.40. The summed E-state index contributed by atoms with van der Waals surface area (Å²) >= 11 is 0. The molecule has 2 rings (SSSR count). The second kappa shape index (κ2) is 4.80. The SMILES string of the molecule is COc1cc(C)c(C(N(C)C)C2(N)CC2)c(C)c1C. The molecule has 0 saturated heterocycles. The Hall–Kier alpha value is -1.06. The standard InChI is InChI=1S/C16H26N2O/c1-10-9-13(19-6)11(2)12(3)14(10)15(18(4)5)16(17)7-8-16/h9,15H,7-8,17H2,1-6H3. The molecule has 0 spiro atoms. The van der Waals surface area contributed by atoms with Crippen LogP contribution < -0.4 is 10.5 Å². The first kappa shape index (κ1) is 14.4. The third kappa shape index (κ3) is 2.37. The van der Waals surface area contributed by atoms with E-state index in [1.807, 2.05) is 0 Å². The molecule has 1 unspecified atom stereocenters. The van der Waals surface area contributed by atoms with Gasteiger partial charge < -0.3 is 15.4 Å². The summed E-state index contributed by atoms with van der Waals surface area (Å²) in [4.78, 5) is 2.26. The molecular formula is C16H26N2O. The van der Waals surface area contributed by atoms with Crippen LogP contribution in [0.2, 0.25) is 0 Å². The molecule has 1 aromatic rings. The average Bonchev–Trinajstić information content (AvgIpc) is 3.07. The minimum atomic E-state index is -0.0555. The molecule has 3 nitrogen and oxygen atoms in total. The van der Waals surface area contributed by atoms with Gasteiger partial charge in [0.2, 0.25) is 0 Å². The van der Waals surface area contributed by atoms with Crippen LogP contribution in [-0.2, 0) is 0 Å². The topological polar surface area (TPSA) is 38.5 Å². The number of nitrogens with zero attached hydrogens (tertiary/aromatic N) is 1. The Morgan fingerprint density at radius 3 is 2.21 bits per heavy atom. The molecule has 1 fully saturated rings. The summed E-state index contributed by atoms with van der Waals surface area (Å²) in [7, 11) is 5.97. The molecule has 1 aromatic carbocycles. The predicted molar refractivity (Wildman–Crippen MR) is 79.8 cm³/mol. The number of rotatable bonds is 4. The minimum absolute atomic E-state index is 0.0555. The Labute approximate surface area is 116 Å². The first-order valence-corrected chi connectivity index (χ1v) is 6.92. The summed E-state index contributed by atoms with van der Waals surface area (Å²) in [5, 5.41) is 0. The van der Waals surface area contributed by atoms with Crippen LogP contribution in [0, 0.1) is 20.8 Å². The number of methoxy groups -OCH3 is 1. The molecule has 1 aliphatic carbocycles. The van der Waals surface area contributed by atoms with Crippen LogP contribution in [0.1, 0.15) is 41.1 Å². The second-order valence-corrected chi connectivity index (χ2v) is 6.16. The van der Waals surface area contributed by atoms with Gasteiger partial charge in [0, 0.05) is 5.54 Å². The third-order valence-electron chi connectivity index (χ3n) is 4.49. The Bertz CT molecular complexity index is 490. The molecule has 1 atom stereocenters. The van der Waals surface area contributed by atoms with Gasteiger partial charge in [0.05, 0.1) is 13.2 Å². The van der Waals surface area contributed by atoms with Gasteiger partial charge in [-0.15, -0.1) is 0 Å². The Balaban J connectivity index is 2.58. The molecule has 0 aromatic heterocycles. The summed E-state index contributed by atoms with van der Waals surface area (Å²) in [6.07, 6.45) is 2.22. The predicted octanol–water partition coefficient (Wildman–Crippen LogP) is 2.71. The molecule has 2 N–H and O–H groups in total. The van der Waals surface area contributed by atoms with Crippen molar-refractivity contribution >= 4 is 0 Å². The first-order valence-electron chi connectivity index (χ1n) is 6.92. The monoisotopic (exact) mass is 262 g/mol. The van der Waals surface area contributed by atoms with E-state index in [4.69, 9.17) is 10.5 Å². The zero-order valence-electron chi connectivity index (χ0n) is 13.0. The number of ether oxygens (including phenoxy) is 1. The lowest BCUT2D eigenvalue weighted by Gasteiger charge is -2.34. The van der Waals surface area contributed by atoms with E-state index in [0.29, 0.717) is 0 Å². The van der Waals surface area contributed by atoms with Crippen LogP contribution in [-0.4, -0.2) is 31.6 Å². The van der Waals surface area contributed by atoms with Gasteiger partial charge in [0.25, 0.3) is 0 Å². The normalized spacial score (nSPS) is 18.5. The zero-order chi connectivity index (χ0) is 14.4. The number of likely N-dealkylation sites (N-methyl/N-ethyl adjacent to an activating group) is 1. The van der Waals surface area contributed by atoms with Gasteiger partial charge >= 0.3 is 0 Å². The van der Waals surface area contributed by atoms with Crippen molar-refractivity contribution in [3.05, 3.63) is 28.3 Å². The largest absolute Gasteiger partial charge is 0.496 e. The highest BCUT2D eigenvalue weighted by atomic mass is 16.5. The highest BCUT2D eigenvalue weighted by molar-refractivity contribution is 5.50. The molecule has 0 bridgehead atoms. The fourth-order valence-corrected chi connectivity index (χ4v) is 3.18. The molecule has 0 radical (unpaired) electrons. The maximum Gasteiger partial charge on any atom is 0.122 e. The molecule has 0 heterocycles. The van der Waals surface area contributed by atoms with E-state index in [2.05, 4.69) is 45.8 Å². The number of hydrogen-bond acceptors (Lipinski definition) is 3. The van der Waals surface area contributed by atoms with Crippen molar-refractivity contribution in [2.75, 3.05) is 21.2 Å². The molecule has 0 amide bonds. The molecule has 0 aliphatic heterocycles. The van der Waals surface area contributed by atoms with E-state index in [1.165, 1.54) is 22.3 Å². The summed E-state index contributed by atoms with van der Waals surface area (Å²) in [6, 6.07) is 2.43. The number of benzene rings is 1. The number of nitrogens with two attached hydrogens (primary N) is 1. The van der Waals surface area contributed by atoms with Gasteiger partial charge in [-0.3, -0.25) is 0 Å². The van der Waals surface area contributed by atoms with Gasteiger partial charge in [0.1, 0.15) is 5.75 Å². The Morgan fingerprint density at radius 2 is 1.79 bits per heavy atom. The molecule has 3 heteroatoms. The fraction of sp³-hybridized carbons (Fsp3) is 0.625. The zero-order valence-corrected chi connectivity index (χ0v) is 13.0. The van der Waals surface area contributed by atoms with Crippen LogP contribution in [0.4, 0.5) is 0 Å². The summed E-state index contributed by atoms with van der Waals surface area (Å²) in [5.41, 5.74) is 11.6. The second-order valence-electron chi connectivity index (χ2n) is 6.16. The Morgan fingerprint density at radius 1 is 1.21 bits per heavy atom. The van der Waals surface area contributed by atoms with Crippen LogP contribution in [0.25, 0.3) is 0 Å². The van der Waals surface area contributed by atoms with E-state index < -0.39 is 0 Å². The van der Waals surface area contributed by atoms with Crippen molar-refractivity contribution in [3.63, 3.8) is 0 Å². The third-order valence-corrected chi connectivity index (χ3v) is 4.49. The average molecular weight is 262 g/mol. The quantitative estimate of drug-likeness (QED) is 0.906. The van der Waals surface area contributed by atoms with Crippen LogP contribution in [0.5, 0.6) is 5.75 Å². The van der Waals surface area contributed by atoms with Crippen molar-refractivity contribution in [3.8, 4) is 5.75 Å². The molecule has 1 saturated carbocycles. The van der Waals surface area contributed by atoms with E-state index in [1.54, 1.807) is 7.11 Å². The summed E-state index contributed by atoms with van der Waals surface area (Å²) < 4.78 is 5.46. The van der Waals surface area contributed by atoms with Crippen molar-refractivity contribution < 1.29 is 4.74 Å². The van der Waals surface area contributed by atoms with Gasteiger partial charge in [-0.2, -0.15) is 0 Å². The van der Waals surface area contributed by atoms with E-state index >= 15 is 0 Å². The van der Waals surface area contributed by atoms with E-state index in [9.17, 15) is 0 Å². The highest BCUT2D eigenvalue weighted by Gasteiger charge is 2.48. The molecule has 1 aliphatic rings. The van der Waals surface area contributed by atoms with Gasteiger partial charge in [-0.1, -0.05) is 0 Å². The minimum Gasteiger partial charge on any atom is -0.496 e. The number of aryl methyl sites for hydroxylation is 1. The van der Waals surface area contributed by atoms with Gasteiger partial charge in [0.15, 0.2) is 0 Å². The highest BCUT2D eigenvalue weighted by Crippen LogP contribution is 2.48. The van der Waals surface area contributed by atoms with Crippen LogP contribution in [0.3, 0.4) is 0 Å². The summed E-state index contributed by atoms with van der Waals surface area (Å²) in [5.74, 6) is 0.970. The van der Waals surface area contributed by atoms with Gasteiger partial charge in [-0.05, 0) is 76.0 Å². The number of hydrogen-bond donors (Lipinski definition) is 1. The van der Waals surface area contributed by atoms with Crippen molar-refractivity contribution in [2.24, 2.45) is 5.73 Å². The fourth-order valence-electron chi connectivity index (χ4n) is 3.18. The van der Waals surface area contributed by atoms with Gasteiger partial charge in [-0.25, -0.2) is 0 Å². The molecule has 19 heavy (non-hydrogen) atoms. The van der Waals surface area contributed by atoms with Crippen molar-refractivity contribution in [2.45, 2.75) is 45.2 Å². The molecular weight excluding hydrogens is 236 g/mol. The van der Waals surface area contributed by atoms with Crippen molar-refractivity contribution in [1.82, 2.24) is 4.90 Å².